The number of nitrogens with one attached hydrogen (secondary N) is 14. The van der Waals surface area contributed by atoms with Crippen LogP contribution in [0.5, 0.6) is 5.75 Å². The zero-order valence-corrected chi connectivity index (χ0v) is 79.0. The van der Waals surface area contributed by atoms with Gasteiger partial charge in [-0.1, -0.05) is 94.5 Å². The number of aliphatic carboxylic acids is 1. The number of benzene rings is 3. The van der Waals surface area contributed by atoms with Gasteiger partial charge in [-0.3, -0.25) is 91.7 Å². The number of aromatic amines is 2. The Labute approximate surface area is 798 Å². The highest BCUT2D eigenvalue weighted by atomic mass is 32.2. The number of thioether (sulfide) groups is 1. The average Bonchev–Trinajstić information content (AvgIpc) is 1.58. The molecule has 0 radical (unpaired) electrons. The number of primary amides is 2. The van der Waals surface area contributed by atoms with Crippen LogP contribution in [0.2, 0.25) is 0 Å². The van der Waals surface area contributed by atoms with E-state index in [0.717, 1.165) is 41.0 Å². The van der Waals surface area contributed by atoms with Crippen molar-refractivity contribution in [1.29, 1.82) is 5.41 Å². The molecule has 0 aliphatic carbocycles. The molecule has 137 heavy (non-hydrogen) atoms. The van der Waals surface area contributed by atoms with Crippen LogP contribution >= 0.6 is 23.1 Å². The van der Waals surface area contributed by atoms with Crippen LogP contribution in [-0.2, 0) is 112 Å². The molecule has 3 aliphatic heterocycles. The number of para-hydroxylation sites is 1. The van der Waals surface area contributed by atoms with Crippen molar-refractivity contribution in [2.75, 3.05) is 65.4 Å². The number of hydrogen-bond acceptors (Lipinski definition) is 24. The average molecular weight is 1940 g/mol. The SMILES string of the molecule is CCCCC[C@H]1C(=O)N(C)[C@@H](CCCC)C(=O)N[C@@H](CCCNC(=N)N)C(=O)N[C@H](C(=O)NCC(N)=O)CSCC(=O)N[C@@H](Cc2ccc(O)cc2)C(=O)N(C)[C@@H](C)C(=O)N[C@@H](CC(N)=O)C(=O)N2CCC[C@H]2C(=O)N[C@@H](Cc2cnc[nH]2)C(=O)N[C@@H](CCC(=O)O)C(=O)N2CCC[C@H]2C(=O)N[C@@H](Cc2c[nH]c3ccccc23)C(=O)N[C@@H](CO)C(=O)N[C@@H](Cc2csc3ccccc23)C(=O)N1C. The number of carboxylic acids is 1. The summed E-state index contributed by atoms with van der Waals surface area (Å²) < 4.78 is 0.806. The van der Waals surface area contributed by atoms with Crippen LogP contribution in [0.3, 0.4) is 0 Å². The standard InChI is InChI=1S/C91H125N23O21S2/c1-7-9-11-24-71-90(135)111(5)68(23-10-8-2)83(128)102-59(22-16-34-97-91(94)95)79(124)109-67(78(123)99-44-74(93)118)47-136-48-75(119)101-63(37-51-28-30-55(116)31-29-51)86(131)110(4)50(3)77(122)106-65(41-73(92)117)89(134)114-36-18-26-70(114)85(130)105-62(40-54-43-96-49-100-54)81(126)103-60(32-33-76(120)121)88(133)113-35-17-25-69(113)84(129)104-61(38-52-42-98-58-21-14-12-19-56(52)58)80(125)108-66(45-115)82(127)107-64(87(132)112(71)6)39-53-46-137-72-27-15-13-20-57(53)72/h12-15,19-21,27-31,42-43,46,49-50,59-71,98,115-116H,7-11,16-18,22-26,32-41,44-45,47-48H2,1-6H3,(H2,92,117)(H2,93,118)(H,96,100)(H,99,123)(H,101,119)(H,102,128)(H,103,126)(H,104,129)(H,105,130)(H,106,122)(H,107,127)(H,108,125)(H,109,124)(H,120,121)(H4,94,95,97)/t50-,59-,60-,61-,62-,63-,64-,65-,66-,67-,68-,69-,70-,71-/m0/s1. The van der Waals surface area contributed by atoms with E-state index in [1.807, 2.05) is 32.0 Å². The lowest BCUT2D eigenvalue weighted by atomic mass is 9.99. The summed E-state index contributed by atoms with van der Waals surface area (Å²) in [6.07, 6.45) is 3.20. The van der Waals surface area contributed by atoms with Gasteiger partial charge < -0.3 is 125 Å². The fourth-order valence-corrected chi connectivity index (χ4v) is 18.5. The number of carboxylic acid groups (broad SMARTS) is 1. The molecule has 44 nitrogen and oxygen atoms in total. The molecular formula is C91H125N23O21S2. The van der Waals surface area contributed by atoms with Crippen molar-refractivity contribution in [2.45, 2.75) is 234 Å². The number of amides is 17. The zero-order chi connectivity index (χ0) is 99.9. The maximum absolute atomic E-state index is 15.8. The normalized spacial score (nSPS) is 23.9. The van der Waals surface area contributed by atoms with E-state index in [9.17, 15) is 63.3 Å². The number of phenols is 1. The molecule has 9 rings (SSSR count). The number of aliphatic hydroxyl groups is 1. The molecule has 742 valence electrons. The van der Waals surface area contributed by atoms with Gasteiger partial charge in [-0.05, 0) is 116 Å². The van der Waals surface area contributed by atoms with Gasteiger partial charge in [-0.25, -0.2) is 4.98 Å². The van der Waals surface area contributed by atoms with E-state index in [2.05, 4.69) is 73.4 Å². The highest BCUT2D eigenvalue weighted by Crippen LogP contribution is 2.30. The number of guanidine groups is 1. The molecule has 14 atom stereocenters. The molecule has 0 saturated carbocycles. The largest absolute Gasteiger partial charge is 0.508 e. The molecule has 0 unspecified atom stereocenters. The molecule has 6 aromatic rings. The minimum absolute atomic E-state index is 0.000197. The van der Waals surface area contributed by atoms with Crippen molar-refractivity contribution < 1.29 is 102 Å². The molecule has 3 aromatic carbocycles. The summed E-state index contributed by atoms with van der Waals surface area (Å²) in [4.78, 5) is 278. The minimum Gasteiger partial charge on any atom is -0.508 e. The number of fused-ring (bicyclic) bond motifs is 4. The van der Waals surface area contributed by atoms with Crippen LogP contribution in [-0.4, -0.2) is 317 Å². The van der Waals surface area contributed by atoms with Gasteiger partial charge in [0.2, 0.25) is 100 Å². The van der Waals surface area contributed by atoms with E-state index in [0.29, 0.717) is 65.1 Å². The first-order chi connectivity index (χ1) is 65.4. The molecule has 3 fully saturated rings. The smallest absolute Gasteiger partial charge is 0.303 e. The second-order valence-corrected chi connectivity index (χ2v) is 36.3. The number of carbonyl (C=O) groups is 18. The van der Waals surface area contributed by atoms with E-state index in [-0.39, 0.29) is 108 Å². The number of imidazole rings is 1. The summed E-state index contributed by atoms with van der Waals surface area (Å²) in [7, 11) is 3.91. The van der Waals surface area contributed by atoms with Crippen LogP contribution < -0.4 is 75.7 Å². The summed E-state index contributed by atoms with van der Waals surface area (Å²) in [5.74, 6) is -19.4. The molecule has 46 heteroatoms. The first-order valence-corrected chi connectivity index (χ1v) is 47.6. The molecule has 0 spiro atoms. The van der Waals surface area contributed by atoms with E-state index in [1.54, 1.807) is 41.9 Å². The highest BCUT2D eigenvalue weighted by molar-refractivity contribution is 8.00. The number of hydrogen-bond donors (Lipinski definition) is 20. The Balaban J connectivity index is 1.10. The first-order valence-electron chi connectivity index (χ1n) is 45.6. The third-order valence-corrected chi connectivity index (χ3v) is 26.4. The van der Waals surface area contributed by atoms with Gasteiger partial charge in [0.25, 0.3) is 0 Å². The van der Waals surface area contributed by atoms with E-state index >= 15 is 38.4 Å². The Hall–Kier alpha value is -13.8. The lowest BCUT2D eigenvalue weighted by molar-refractivity contribution is -0.149. The molecule has 17 amide bonds. The topological polar surface area (TPSA) is 663 Å². The van der Waals surface area contributed by atoms with Gasteiger partial charge >= 0.3 is 5.97 Å². The van der Waals surface area contributed by atoms with Gasteiger partial charge in [0.1, 0.15) is 90.3 Å². The minimum atomic E-state index is -1.89. The van der Waals surface area contributed by atoms with Crippen molar-refractivity contribution >= 4 is 156 Å². The molecule has 0 bridgehead atoms. The summed E-state index contributed by atoms with van der Waals surface area (Å²) in [6.45, 7) is 2.85. The molecule has 3 saturated heterocycles. The van der Waals surface area contributed by atoms with Gasteiger partial charge in [0.05, 0.1) is 31.7 Å². The van der Waals surface area contributed by atoms with E-state index in [4.69, 9.17) is 22.6 Å². The zero-order valence-electron chi connectivity index (χ0n) is 77.3. The number of thiophene rings is 1. The van der Waals surface area contributed by atoms with Crippen molar-refractivity contribution in [3.63, 3.8) is 0 Å². The third kappa shape index (κ3) is 30.4. The number of carbonyl (C=O) groups excluding carboxylic acids is 17. The summed E-state index contributed by atoms with van der Waals surface area (Å²) in [5.41, 5.74) is 19.1. The van der Waals surface area contributed by atoms with E-state index in [1.165, 1.54) is 76.2 Å². The highest BCUT2D eigenvalue weighted by Gasteiger charge is 2.46. The number of phenolic OH excluding ortho intramolecular Hbond substituents is 1. The van der Waals surface area contributed by atoms with Gasteiger partial charge in [0, 0.05) is 112 Å². The number of aliphatic hydroxyl groups excluding tert-OH is 1. The monoisotopic (exact) mass is 1940 g/mol. The Kier molecular flexibility index (Phi) is 40.4. The van der Waals surface area contributed by atoms with Crippen molar-refractivity contribution in [2.24, 2.45) is 17.2 Å². The maximum Gasteiger partial charge on any atom is 0.303 e. The number of nitrogens with two attached hydrogens (primary N) is 3. The van der Waals surface area contributed by atoms with Crippen molar-refractivity contribution in [3.05, 3.63) is 119 Å². The molecular weight excluding hydrogens is 1820 g/mol. The number of aromatic nitrogens is 3. The van der Waals surface area contributed by atoms with Crippen LogP contribution in [0, 0.1) is 5.41 Å². The molecule has 6 heterocycles. The predicted molar refractivity (Wildman–Crippen MR) is 504 cm³/mol. The van der Waals surface area contributed by atoms with E-state index < -0.39 is 241 Å². The number of likely N-dealkylation sites (N-methyl/N-ethyl adjacent to an activating group) is 3. The number of aromatic hydroxyl groups is 1. The number of unbranched alkanes of at least 4 members (excludes halogenated alkanes) is 3. The van der Waals surface area contributed by atoms with Crippen LogP contribution in [0.15, 0.2) is 96.9 Å². The maximum atomic E-state index is 15.8. The lowest BCUT2D eigenvalue weighted by Gasteiger charge is -2.36. The van der Waals surface area contributed by atoms with Gasteiger partial charge in [-0.2, -0.15) is 0 Å². The first kappa shape index (κ1) is 107. The summed E-state index contributed by atoms with van der Waals surface area (Å²) >= 11 is 2.10. The van der Waals surface area contributed by atoms with Gasteiger partial charge in [0.15, 0.2) is 5.96 Å². The second-order valence-electron chi connectivity index (χ2n) is 34.3. The Bertz CT molecular complexity index is 5310. The van der Waals surface area contributed by atoms with Gasteiger partial charge in [-0.15, -0.1) is 23.1 Å². The molecule has 3 aromatic heterocycles. The van der Waals surface area contributed by atoms with Crippen LogP contribution in [0.1, 0.15) is 146 Å². The Morgan fingerprint density at radius 3 is 1.72 bits per heavy atom. The van der Waals surface area contributed by atoms with Crippen LogP contribution in [0.4, 0.5) is 0 Å². The fraction of sp³-hybridized carbons (Fsp3) is 0.516. The van der Waals surface area contributed by atoms with Crippen molar-refractivity contribution in [3.8, 4) is 5.75 Å². The second kappa shape index (κ2) is 51.8. The van der Waals surface area contributed by atoms with Crippen LogP contribution in [0.25, 0.3) is 21.0 Å². The summed E-state index contributed by atoms with van der Waals surface area (Å²) in [5, 5.41) is 71.4. The fourth-order valence-electron chi connectivity index (χ4n) is 16.7. The summed E-state index contributed by atoms with van der Waals surface area (Å²) in [6, 6.07) is -2.43. The Morgan fingerprint density at radius 2 is 1.09 bits per heavy atom. The third-order valence-electron chi connectivity index (χ3n) is 24.4. The number of rotatable bonds is 28. The predicted octanol–water partition coefficient (Wildman–Crippen LogP) is -1.96. The quantitative estimate of drug-likeness (QED) is 0.0144. The lowest BCUT2D eigenvalue weighted by Crippen LogP contribution is -2.62. The molecule has 3 aliphatic rings. The number of H-pyrrole nitrogens is 2. The Morgan fingerprint density at radius 1 is 0.533 bits per heavy atom. The van der Waals surface area contributed by atoms with Crippen molar-refractivity contribution in [1.82, 2.24) is 97.9 Å². The molecule has 23 N–H and O–H groups in total. The number of nitrogens with zero attached hydrogens (tertiary/aromatic N) is 6.